The molecule has 0 bridgehead atoms. The molecule has 1 aliphatic rings. The van der Waals surface area contributed by atoms with Crippen molar-refractivity contribution in [2.45, 2.75) is 19.4 Å². The number of aryl methyl sites for hydroxylation is 1. The minimum absolute atomic E-state index is 0.127. The van der Waals surface area contributed by atoms with E-state index >= 15 is 0 Å². The van der Waals surface area contributed by atoms with Gasteiger partial charge in [-0.25, -0.2) is 14.4 Å². The number of benzene rings is 1. The van der Waals surface area contributed by atoms with E-state index in [9.17, 15) is 9.18 Å². The first-order valence-electron chi connectivity index (χ1n) is 10.6. The van der Waals surface area contributed by atoms with Crippen molar-refractivity contribution in [3.8, 4) is 5.75 Å². The van der Waals surface area contributed by atoms with Gasteiger partial charge in [0.05, 0.1) is 29.2 Å². The number of aromatic nitrogens is 2. The number of rotatable bonds is 8. The minimum atomic E-state index is -0.392. The molecular weight excluding hydrogens is 445 g/mol. The van der Waals surface area contributed by atoms with Crippen molar-refractivity contribution in [1.82, 2.24) is 20.2 Å². The van der Waals surface area contributed by atoms with Gasteiger partial charge in [0.15, 0.2) is 0 Å². The van der Waals surface area contributed by atoms with Gasteiger partial charge in [0.1, 0.15) is 34.6 Å². The lowest BCUT2D eigenvalue weighted by Gasteiger charge is -2.17. The third-order valence-electron chi connectivity index (χ3n) is 5.10. The average molecular weight is 472 g/mol. The monoisotopic (exact) mass is 471 g/mol. The smallest absolute Gasteiger partial charge is 0.261 e. The molecular formula is C23H26FN5O3S. The summed E-state index contributed by atoms with van der Waals surface area (Å²) < 4.78 is 25.3. The summed E-state index contributed by atoms with van der Waals surface area (Å²) in [6.07, 6.45) is 5.82. The molecule has 174 valence electrons. The average Bonchev–Trinajstić information content (AvgIpc) is 3.41. The molecule has 1 aromatic carbocycles. The number of nitrogens with zero attached hydrogens (tertiary/aromatic N) is 3. The van der Waals surface area contributed by atoms with Gasteiger partial charge in [0.2, 0.25) is 0 Å². The van der Waals surface area contributed by atoms with Crippen LogP contribution in [0.2, 0.25) is 0 Å². The first kappa shape index (κ1) is 22.9. The molecule has 0 saturated carbocycles. The molecule has 0 spiro atoms. The Labute approximate surface area is 195 Å². The molecule has 33 heavy (non-hydrogen) atoms. The Kier molecular flexibility index (Phi) is 7.05. The number of thiophene rings is 1. The first-order chi connectivity index (χ1) is 15.9. The molecule has 1 aliphatic heterocycles. The molecule has 3 heterocycles. The topological polar surface area (TPSA) is 88.6 Å². The van der Waals surface area contributed by atoms with Crippen LogP contribution in [0.3, 0.4) is 0 Å². The summed E-state index contributed by atoms with van der Waals surface area (Å²) in [7, 11) is 3.83. The van der Waals surface area contributed by atoms with E-state index in [2.05, 4.69) is 20.6 Å². The van der Waals surface area contributed by atoms with Crippen molar-refractivity contribution >= 4 is 39.0 Å². The van der Waals surface area contributed by atoms with Crippen LogP contribution in [0, 0.1) is 12.7 Å². The zero-order valence-electron chi connectivity index (χ0n) is 18.7. The highest BCUT2D eigenvalue weighted by Crippen LogP contribution is 2.37. The third kappa shape index (κ3) is 5.40. The van der Waals surface area contributed by atoms with E-state index in [4.69, 9.17) is 9.47 Å². The quantitative estimate of drug-likeness (QED) is 0.516. The highest BCUT2D eigenvalue weighted by molar-refractivity contribution is 7.20. The number of halogens is 1. The summed E-state index contributed by atoms with van der Waals surface area (Å²) in [4.78, 5) is 24.6. The van der Waals surface area contributed by atoms with E-state index in [0.29, 0.717) is 46.7 Å². The number of nitrogens with one attached hydrogen (secondary N) is 2. The first-order valence-corrected chi connectivity index (χ1v) is 11.4. The van der Waals surface area contributed by atoms with Crippen LogP contribution in [-0.4, -0.2) is 60.7 Å². The second-order valence-electron chi connectivity index (χ2n) is 7.89. The lowest BCUT2D eigenvalue weighted by Crippen LogP contribution is -2.23. The Morgan fingerprint density at radius 1 is 1.39 bits per heavy atom. The molecule has 0 radical (unpaired) electrons. The Balaban J connectivity index is 1.60. The SMILES string of the molecule is Cc1c(C(=O)NC/C=C/N(C)C)sc2ncnc(Nc3ccc(F)cc3OC3CCOC3)c12. The van der Waals surface area contributed by atoms with Crippen LogP contribution in [-0.2, 0) is 4.74 Å². The fraction of sp³-hybridized carbons (Fsp3) is 0.348. The van der Waals surface area contributed by atoms with Crippen molar-refractivity contribution in [3.05, 3.63) is 53.1 Å². The van der Waals surface area contributed by atoms with Crippen LogP contribution in [0.15, 0.2) is 36.8 Å². The van der Waals surface area contributed by atoms with Crippen molar-refractivity contribution in [1.29, 1.82) is 0 Å². The second-order valence-corrected chi connectivity index (χ2v) is 8.89. The van der Waals surface area contributed by atoms with Gasteiger partial charge in [-0.1, -0.05) is 0 Å². The van der Waals surface area contributed by atoms with Gasteiger partial charge in [0.25, 0.3) is 5.91 Å². The van der Waals surface area contributed by atoms with E-state index in [1.165, 1.54) is 29.8 Å². The fourth-order valence-corrected chi connectivity index (χ4v) is 4.55. The van der Waals surface area contributed by atoms with Gasteiger partial charge < -0.3 is 25.0 Å². The number of amides is 1. The number of hydrogen-bond acceptors (Lipinski definition) is 8. The predicted octanol–water partition coefficient (Wildman–Crippen LogP) is 3.86. The molecule has 4 rings (SSSR count). The van der Waals surface area contributed by atoms with E-state index in [1.807, 2.05) is 38.2 Å². The van der Waals surface area contributed by atoms with Crippen molar-refractivity contribution < 1.29 is 18.7 Å². The largest absolute Gasteiger partial charge is 0.486 e. The minimum Gasteiger partial charge on any atom is -0.486 e. The molecule has 8 nitrogen and oxygen atoms in total. The van der Waals surface area contributed by atoms with E-state index in [1.54, 1.807) is 6.07 Å². The Hall–Kier alpha value is -3.24. The number of carbonyl (C=O) groups excluding carboxylic acids is 1. The molecule has 1 amide bonds. The van der Waals surface area contributed by atoms with Crippen LogP contribution < -0.4 is 15.4 Å². The number of fused-ring (bicyclic) bond motifs is 1. The maximum atomic E-state index is 13.9. The zero-order chi connectivity index (χ0) is 23.4. The molecule has 10 heteroatoms. The van der Waals surface area contributed by atoms with Crippen molar-refractivity contribution in [2.24, 2.45) is 0 Å². The van der Waals surface area contributed by atoms with E-state index in [-0.39, 0.29) is 12.0 Å². The summed E-state index contributed by atoms with van der Waals surface area (Å²) >= 11 is 1.31. The summed E-state index contributed by atoms with van der Waals surface area (Å²) in [6.45, 7) is 3.39. The van der Waals surface area contributed by atoms with Gasteiger partial charge in [-0.05, 0) is 36.9 Å². The molecule has 1 fully saturated rings. The Bertz CT molecular complexity index is 1170. The molecule has 0 aliphatic carbocycles. The van der Waals surface area contributed by atoms with Crippen LogP contribution in [0.5, 0.6) is 5.75 Å². The van der Waals surface area contributed by atoms with Crippen molar-refractivity contribution in [3.63, 3.8) is 0 Å². The van der Waals surface area contributed by atoms with Crippen molar-refractivity contribution in [2.75, 3.05) is 39.2 Å². The number of anilines is 2. The standard InChI is InChI=1S/C23H26FN5O3S/c1-14-19-21(28-17-6-5-15(24)11-18(17)32-16-7-10-31-12-16)26-13-27-23(19)33-20(14)22(30)25-8-4-9-29(2)3/h4-6,9,11,13,16H,7-8,10,12H2,1-3H3,(H,25,30)(H,26,27,28)/b9-4+. The number of carbonyl (C=O) groups is 1. The molecule has 2 aromatic heterocycles. The Morgan fingerprint density at radius 2 is 2.24 bits per heavy atom. The lowest BCUT2D eigenvalue weighted by molar-refractivity contribution is 0.0961. The van der Waals surface area contributed by atoms with Crippen LogP contribution in [0.25, 0.3) is 10.2 Å². The van der Waals surface area contributed by atoms with Gasteiger partial charge in [-0.2, -0.15) is 0 Å². The van der Waals surface area contributed by atoms with Gasteiger partial charge in [-0.15, -0.1) is 11.3 Å². The maximum Gasteiger partial charge on any atom is 0.261 e. The summed E-state index contributed by atoms with van der Waals surface area (Å²) in [5.74, 6) is 0.350. The molecule has 1 unspecified atom stereocenters. The van der Waals surface area contributed by atoms with Crippen LogP contribution >= 0.6 is 11.3 Å². The van der Waals surface area contributed by atoms with Gasteiger partial charge in [0, 0.05) is 33.1 Å². The third-order valence-corrected chi connectivity index (χ3v) is 6.29. The van der Waals surface area contributed by atoms with E-state index < -0.39 is 5.82 Å². The lowest BCUT2D eigenvalue weighted by atomic mass is 10.2. The highest BCUT2D eigenvalue weighted by Gasteiger charge is 2.22. The maximum absolute atomic E-state index is 13.9. The molecule has 2 N–H and O–H groups in total. The van der Waals surface area contributed by atoms with Crippen LogP contribution in [0.4, 0.5) is 15.9 Å². The molecule has 3 aromatic rings. The summed E-state index contributed by atoms with van der Waals surface area (Å²) in [6, 6.07) is 4.32. The number of ether oxygens (including phenoxy) is 2. The zero-order valence-corrected chi connectivity index (χ0v) is 19.5. The van der Waals surface area contributed by atoms with Crippen LogP contribution in [0.1, 0.15) is 21.7 Å². The highest BCUT2D eigenvalue weighted by atomic mass is 32.1. The Morgan fingerprint density at radius 3 is 3.00 bits per heavy atom. The normalized spacial score (nSPS) is 15.8. The fourth-order valence-electron chi connectivity index (χ4n) is 3.49. The summed E-state index contributed by atoms with van der Waals surface area (Å²) in [5.41, 5.74) is 1.36. The summed E-state index contributed by atoms with van der Waals surface area (Å²) in [5, 5.41) is 6.89. The van der Waals surface area contributed by atoms with Gasteiger partial charge >= 0.3 is 0 Å². The number of hydrogen-bond donors (Lipinski definition) is 2. The van der Waals surface area contributed by atoms with Gasteiger partial charge in [-0.3, -0.25) is 4.79 Å². The molecule has 1 atom stereocenters. The predicted molar refractivity (Wildman–Crippen MR) is 127 cm³/mol. The molecule has 1 saturated heterocycles. The second kappa shape index (κ2) is 10.1. The van der Waals surface area contributed by atoms with E-state index in [0.717, 1.165) is 17.4 Å².